The molecule has 0 fully saturated rings. The van der Waals surface area contributed by atoms with Crippen LogP contribution >= 0.6 is 11.6 Å². The van der Waals surface area contributed by atoms with E-state index in [2.05, 4.69) is 9.97 Å². The number of rotatable bonds is 2. The molecular weight excluding hydrogens is 227 g/mol. The van der Waals surface area contributed by atoms with Crippen molar-refractivity contribution < 1.29 is 4.39 Å². The molecule has 0 aliphatic heterocycles. The monoisotopic (exact) mass is 236 g/mol. The van der Waals surface area contributed by atoms with Gasteiger partial charge in [-0.1, -0.05) is 6.07 Å². The molecule has 0 aliphatic rings. The quantitative estimate of drug-likeness (QED) is 0.748. The predicted octanol–water partition coefficient (Wildman–Crippen LogP) is 3.33. The molecule has 4 heteroatoms. The number of aryl methyl sites for hydroxylation is 1. The number of alkyl halides is 1. The van der Waals surface area contributed by atoms with Crippen molar-refractivity contribution in [3.05, 3.63) is 47.5 Å². The maximum absolute atomic E-state index is 13.1. The average molecular weight is 237 g/mol. The Morgan fingerprint density at radius 3 is 2.88 bits per heavy atom. The molecule has 0 saturated heterocycles. The Labute approximate surface area is 98.1 Å². The van der Waals surface area contributed by atoms with Crippen molar-refractivity contribution in [1.82, 2.24) is 9.97 Å². The van der Waals surface area contributed by atoms with E-state index in [1.807, 2.05) is 6.92 Å². The third-order valence-electron chi connectivity index (χ3n) is 2.29. The fourth-order valence-electron chi connectivity index (χ4n) is 1.44. The lowest BCUT2D eigenvalue weighted by atomic mass is 10.1. The standard InChI is InChI=1S/C12H10ClFN2/c1-8-2-3-9(14)6-11(8)12-15-5-4-10(7-13)16-12/h2-6H,7H2,1H3. The van der Waals surface area contributed by atoms with Gasteiger partial charge < -0.3 is 0 Å². The van der Waals surface area contributed by atoms with Crippen molar-refractivity contribution in [1.29, 1.82) is 0 Å². The summed E-state index contributed by atoms with van der Waals surface area (Å²) in [5.41, 5.74) is 2.37. The van der Waals surface area contributed by atoms with Crippen molar-refractivity contribution in [2.75, 3.05) is 0 Å². The fourth-order valence-corrected chi connectivity index (χ4v) is 1.58. The van der Waals surface area contributed by atoms with Gasteiger partial charge in [-0.15, -0.1) is 11.6 Å². The van der Waals surface area contributed by atoms with E-state index >= 15 is 0 Å². The molecule has 16 heavy (non-hydrogen) atoms. The van der Waals surface area contributed by atoms with Crippen LogP contribution in [0.5, 0.6) is 0 Å². The van der Waals surface area contributed by atoms with Crippen molar-refractivity contribution >= 4 is 11.6 Å². The van der Waals surface area contributed by atoms with Crippen molar-refractivity contribution in [3.63, 3.8) is 0 Å². The maximum Gasteiger partial charge on any atom is 0.159 e. The second-order valence-electron chi connectivity index (χ2n) is 3.46. The van der Waals surface area contributed by atoms with Crippen LogP contribution in [0.25, 0.3) is 11.4 Å². The van der Waals surface area contributed by atoms with Gasteiger partial charge in [-0.3, -0.25) is 0 Å². The van der Waals surface area contributed by atoms with Crippen LogP contribution in [0.15, 0.2) is 30.5 Å². The van der Waals surface area contributed by atoms with Gasteiger partial charge in [0.2, 0.25) is 0 Å². The molecule has 0 atom stereocenters. The molecule has 1 aromatic carbocycles. The third kappa shape index (κ3) is 2.19. The summed E-state index contributed by atoms with van der Waals surface area (Å²) in [5.74, 6) is 0.541. The van der Waals surface area contributed by atoms with Crippen molar-refractivity contribution in [2.45, 2.75) is 12.8 Å². The van der Waals surface area contributed by atoms with E-state index in [1.165, 1.54) is 12.1 Å². The number of nitrogens with zero attached hydrogens (tertiary/aromatic N) is 2. The molecule has 0 unspecified atom stereocenters. The summed E-state index contributed by atoms with van der Waals surface area (Å²) in [5, 5.41) is 0. The van der Waals surface area contributed by atoms with Crippen molar-refractivity contribution in [3.8, 4) is 11.4 Å². The smallest absolute Gasteiger partial charge is 0.159 e. The summed E-state index contributed by atoms with van der Waals surface area (Å²) in [6.07, 6.45) is 1.63. The highest BCUT2D eigenvalue weighted by atomic mass is 35.5. The molecule has 0 N–H and O–H groups in total. The van der Waals surface area contributed by atoms with Gasteiger partial charge in [0.05, 0.1) is 11.6 Å². The summed E-state index contributed by atoms with van der Waals surface area (Å²) in [7, 11) is 0. The molecule has 1 aromatic heterocycles. The lowest BCUT2D eigenvalue weighted by Crippen LogP contribution is -1.95. The van der Waals surface area contributed by atoms with Gasteiger partial charge in [0.15, 0.2) is 5.82 Å². The predicted molar refractivity (Wildman–Crippen MR) is 61.7 cm³/mol. The molecule has 0 radical (unpaired) electrons. The van der Waals surface area contributed by atoms with E-state index in [-0.39, 0.29) is 5.82 Å². The minimum Gasteiger partial charge on any atom is -0.237 e. The summed E-state index contributed by atoms with van der Waals surface area (Å²) < 4.78 is 13.1. The number of benzene rings is 1. The van der Waals surface area contributed by atoms with Gasteiger partial charge in [0.25, 0.3) is 0 Å². The highest BCUT2D eigenvalue weighted by molar-refractivity contribution is 6.16. The van der Waals surface area contributed by atoms with Crippen LogP contribution in [0.2, 0.25) is 0 Å². The number of hydrogen-bond donors (Lipinski definition) is 0. The second kappa shape index (κ2) is 4.58. The molecular formula is C12H10ClFN2. The number of hydrogen-bond acceptors (Lipinski definition) is 2. The van der Waals surface area contributed by atoms with Gasteiger partial charge >= 0.3 is 0 Å². The Hall–Kier alpha value is -1.48. The zero-order valence-corrected chi connectivity index (χ0v) is 9.50. The first-order valence-corrected chi connectivity index (χ1v) is 5.38. The third-order valence-corrected chi connectivity index (χ3v) is 2.56. The Morgan fingerprint density at radius 2 is 2.12 bits per heavy atom. The van der Waals surface area contributed by atoms with Gasteiger partial charge in [-0.05, 0) is 30.7 Å². The normalized spacial score (nSPS) is 10.4. The summed E-state index contributed by atoms with van der Waals surface area (Å²) in [6, 6.07) is 6.30. The Morgan fingerprint density at radius 1 is 1.31 bits per heavy atom. The molecule has 2 rings (SSSR count). The Bertz CT molecular complexity index is 514. The molecule has 0 aliphatic carbocycles. The lowest BCUT2D eigenvalue weighted by molar-refractivity contribution is 0.627. The zero-order chi connectivity index (χ0) is 11.5. The van der Waals surface area contributed by atoms with Crippen LogP contribution < -0.4 is 0 Å². The van der Waals surface area contributed by atoms with Crippen LogP contribution in [-0.2, 0) is 5.88 Å². The van der Waals surface area contributed by atoms with E-state index in [0.29, 0.717) is 17.3 Å². The minimum absolute atomic E-state index is 0.291. The molecule has 82 valence electrons. The van der Waals surface area contributed by atoms with Crippen LogP contribution in [-0.4, -0.2) is 9.97 Å². The molecule has 0 bridgehead atoms. The van der Waals surface area contributed by atoms with E-state index < -0.39 is 0 Å². The molecule has 2 aromatic rings. The second-order valence-corrected chi connectivity index (χ2v) is 3.73. The van der Waals surface area contributed by atoms with E-state index in [0.717, 1.165) is 11.3 Å². The van der Waals surface area contributed by atoms with E-state index in [4.69, 9.17) is 11.6 Å². The topological polar surface area (TPSA) is 25.8 Å². The van der Waals surface area contributed by atoms with Gasteiger partial charge in [-0.25, -0.2) is 14.4 Å². The lowest BCUT2D eigenvalue weighted by Gasteiger charge is -2.05. The molecule has 1 heterocycles. The van der Waals surface area contributed by atoms with Crippen molar-refractivity contribution in [2.24, 2.45) is 0 Å². The molecule has 0 saturated carbocycles. The zero-order valence-electron chi connectivity index (χ0n) is 8.74. The number of halogens is 2. The number of aromatic nitrogens is 2. The van der Waals surface area contributed by atoms with E-state index in [1.54, 1.807) is 18.3 Å². The van der Waals surface area contributed by atoms with Crippen LogP contribution in [0, 0.1) is 12.7 Å². The summed E-state index contributed by atoms with van der Waals surface area (Å²) >= 11 is 5.69. The van der Waals surface area contributed by atoms with Crippen LogP contribution in [0.4, 0.5) is 4.39 Å². The molecule has 0 spiro atoms. The SMILES string of the molecule is Cc1ccc(F)cc1-c1nccc(CCl)n1. The Balaban J connectivity index is 2.53. The summed E-state index contributed by atoms with van der Waals surface area (Å²) in [4.78, 5) is 8.38. The maximum atomic E-state index is 13.1. The largest absolute Gasteiger partial charge is 0.237 e. The molecule has 2 nitrogen and oxygen atoms in total. The first-order valence-electron chi connectivity index (χ1n) is 4.85. The van der Waals surface area contributed by atoms with Gasteiger partial charge in [-0.2, -0.15) is 0 Å². The fraction of sp³-hybridized carbons (Fsp3) is 0.167. The van der Waals surface area contributed by atoms with E-state index in [9.17, 15) is 4.39 Å². The average Bonchev–Trinajstić information content (AvgIpc) is 2.32. The first kappa shape index (κ1) is 11.0. The first-order chi connectivity index (χ1) is 7.70. The minimum atomic E-state index is -0.291. The highest BCUT2D eigenvalue weighted by Crippen LogP contribution is 2.20. The van der Waals surface area contributed by atoms with Gasteiger partial charge in [0, 0.05) is 11.8 Å². The van der Waals surface area contributed by atoms with Crippen LogP contribution in [0.3, 0.4) is 0 Å². The van der Waals surface area contributed by atoms with Crippen LogP contribution in [0.1, 0.15) is 11.3 Å². The Kier molecular flexibility index (Phi) is 3.15. The highest BCUT2D eigenvalue weighted by Gasteiger charge is 2.06. The summed E-state index contributed by atoms with van der Waals surface area (Å²) in [6.45, 7) is 1.89. The molecule has 0 amide bonds. The van der Waals surface area contributed by atoms with Gasteiger partial charge in [0.1, 0.15) is 5.82 Å².